The van der Waals surface area contributed by atoms with Crippen molar-refractivity contribution in [1.82, 2.24) is 10.3 Å². The van der Waals surface area contributed by atoms with Crippen LogP contribution in [0.3, 0.4) is 0 Å². The second-order valence-corrected chi connectivity index (χ2v) is 9.63. The summed E-state index contributed by atoms with van der Waals surface area (Å²) in [6.07, 6.45) is 0.198. The van der Waals surface area contributed by atoms with Crippen LogP contribution in [0.2, 0.25) is 0 Å². The molecular formula is C24H27N3O2S. The lowest BCUT2D eigenvalue weighted by atomic mass is 10.1. The molecule has 3 rings (SSSR count). The zero-order chi connectivity index (χ0) is 21.9. The van der Waals surface area contributed by atoms with Crippen LogP contribution in [0, 0.1) is 13.8 Å². The largest absolute Gasteiger partial charge is 0.347 e. The lowest BCUT2D eigenvalue weighted by molar-refractivity contribution is -0.115. The highest BCUT2D eigenvalue weighted by atomic mass is 32.1. The number of amides is 2. The summed E-state index contributed by atoms with van der Waals surface area (Å²) in [6, 6.07) is 15.2. The van der Waals surface area contributed by atoms with Gasteiger partial charge in [0.25, 0.3) is 5.91 Å². The second-order valence-electron chi connectivity index (χ2n) is 8.35. The van der Waals surface area contributed by atoms with Gasteiger partial charge in [0.15, 0.2) is 0 Å². The van der Waals surface area contributed by atoms with E-state index in [0.29, 0.717) is 11.3 Å². The van der Waals surface area contributed by atoms with Gasteiger partial charge in [0.2, 0.25) is 5.91 Å². The van der Waals surface area contributed by atoms with E-state index in [1.54, 1.807) is 24.3 Å². The zero-order valence-corrected chi connectivity index (χ0v) is 18.8. The molecule has 2 amide bonds. The predicted molar refractivity (Wildman–Crippen MR) is 123 cm³/mol. The summed E-state index contributed by atoms with van der Waals surface area (Å²) in [4.78, 5) is 31.0. The van der Waals surface area contributed by atoms with Gasteiger partial charge in [-0.15, -0.1) is 11.3 Å². The number of rotatable bonds is 5. The standard InChI is InChI=1S/C24H27N3O2S/c1-15-10-12-17(13-11-15)22-20(30-16(2)25-22)14-21(28)26-19-9-7-6-8-18(19)23(29)27-24(3,4)5/h6-13H,14H2,1-5H3,(H,26,28)(H,27,29). The van der Waals surface area contributed by atoms with Crippen LogP contribution in [0.15, 0.2) is 48.5 Å². The van der Waals surface area contributed by atoms with Crippen LogP contribution in [0.5, 0.6) is 0 Å². The number of para-hydroxylation sites is 1. The fourth-order valence-electron chi connectivity index (χ4n) is 3.06. The molecule has 1 aromatic heterocycles. The fourth-order valence-corrected chi connectivity index (χ4v) is 4.02. The molecule has 0 unspecified atom stereocenters. The van der Waals surface area contributed by atoms with Crippen molar-refractivity contribution in [3.8, 4) is 11.3 Å². The van der Waals surface area contributed by atoms with Crippen molar-refractivity contribution in [2.45, 2.75) is 46.6 Å². The van der Waals surface area contributed by atoms with Crippen molar-refractivity contribution in [3.63, 3.8) is 0 Å². The highest BCUT2D eigenvalue weighted by molar-refractivity contribution is 7.12. The maximum absolute atomic E-state index is 12.8. The number of aromatic nitrogens is 1. The molecule has 0 saturated carbocycles. The van der Waals surface area contributed by atoms with Crippen molar-refractivity contribution < 1.29 is 9.59 Å². The average Bonchev–Trinajstić information content (AvgIpc) is 3.01. The number of anilines is 1. The van der Waals surface area contributed by atoms with Crippen LogP contribution in [0.1, 0.15) is 46.6 Å². The van der Waals surface area contributed by atoms with Gasteiger partial charge < -0.3 is 10.6 Å². The molecular weight excluding hydrogens is 394 g/mol. The van der Waals surface area contributed by atoms with Gasteiger partial charge in [-0.25, -0.2) is 4.98 Å². The molecule has 3 aromatic rings. The Kier molecular flexibility index (Phi) is 6.37. The van der Waals surface area contributed by atoms with Crippen molar-refractivity contribution in [3.05, 3.63) is 69.5 Å². The number of nitrogens with one attached hydrogen (secondary N) is 2. The van der Waals surface area contributed by atoms with Crippen LogP contribution < -0.4 is 10.6 Å². The lowest BCUT2D eigenvalue weighted by Crippen LogP contribution is -2.40. The van der Waals surface area contributed by atoms with Crippen molar-refractivity contribution in [1.29, 1.82) is 0 Å². The molecule has 2 N–H and O–H groups in total. The molecule has 0 bridgehead atoms. The van der Waals surface area contributed by atoms with Gasteiger partial charge in [-0.1, -0.05) is 42.0 Å². The number of benzene rings is 2. The zero-order valence-electron chi connectivity index (χ0n) is 18.0. The minimum absolute atomic E-state index is 0.178. The second kappa shape index (κ2) is 8.79. The molecule has 0 saturated heterocycles. The fraction of sp³-hybridized carbons (Fsp3) is 0.292. The molecule has 0 spiro atoms. The van der Waals surface area contributed by atoms with Crippen molar-refractivity contribution in [2.75, 3.05) is 5.32 Å². The molecule has 6 heteroatoms. The van der Waals surface area contributed by atoms with Gasteiger partial charge in [-0.3, -0.25) is 9.59 Å². The molecule has 0 fully saturated rings. The minimum Gasteiger partial charge on any atom is -0.347 e. The van der Waals surface area contributed by atoms with E-state index in [-0.39, 0.29) is 23.8 Å². The summed E-state index contributed by atoms with van der Waals surface area (Å²) in [5.41, 5.74) is 3.60. The van der Waals surface area contributed by atoms with Gasteiger partial charge in [-0.05, 0) is 46.8 Å². The molecule has 30 heavy (non-hydrogen) atoms. The SMILES string of the molecule is Cc1ccc(-c2nc(C)sc2CC(=O)Nc2ccccc2C(=O)NC(C)(C)C)cc1. The molecule has 5 nitrogen and oxygen atoms in total. The molecule has 0 atom stereocenters. The van der Waals surface area contributed by atoms with Gasteiger partial charge >= 0.3 is 0 Å². The molecule has 2 aromatic carbocycles. The van der Waals surface area contributed by atoms with Crippen LogP contribution in [0.4, 0.5) is 5.69 Å². The van der Waals surface area contributed by atoms with E-state index in [2.05, 4.69) is 15.6 Å². The van der Waals surface area contributed by atoms with Crippen LogP contribution in [-0.4, -0.2) is 22.3 Å². The Morgan fingerprint density at radius 1 is 1.00 bits per heavy atom. The van der Waals surface area contributed by atoms with Gasteiger partial charge in [-0.2, -0.15) is 0 Å². The first-order valence-electron chi connectivity index (χ1n) is 9.87. The third-order valence-electron chi connectivity index (χ3n) is 4.38. The van der Waals surface area contributed by atoms with Gasteiger partial charge in [0.05, 0.1) is 28.4 Å². The number of hydrogen-bond donors (Lipinski definition) is 2. The summed E-state index contributed by atoms with van der Waals surface area (Å²) in [6.45, 7) is 9.74. The number of carbonyl (C=O) groups is 2. The summed E-state index contributed by atoms with van der Waals surface area (Å²) >= 11 is 1.52. The van der Waals surface area contributed by atoms with Crippen LogP contribution in [-0.2, 0) is 11.2 Å². The normalized spacial score (nSPS) is 11.2. The Hall–Kier alpha value is -2.99. The summed E-state index contributed by atoms with van der Waals surface area (Å²) in [5.74, 6) is -0.393. The maximum atomic E-state index is 12.8. The Morgan fingerprint density at radius 3 is 2.33 bits per heavy atom. The quantitative estimate of drug-likeness (QED) is 0.599. The minimum atomic E-state index is -0.364. The first-order chi connectivity index (χ1) is 14.1. The van der Waals surface area contributed by atoms with Crippen LogP contribution >= 0.6 is 11.3 Å². The smallest absolute Gasteiger partial charge is 0.253 e. The Bertz CT molecular complexity index is 1060. The Labute approximate surface area is 181 Å². The molecule has 0 radical (unpaired) electrons. The molecule has 1 heterocycles. The van der Waals surface area contributed by atoms with Crippen molar-refractivity contribution >= 4 is 28.8 Å². The van der Waals surface area contributed by atoms with E-state index in [1.165, 1.54) is 16.9 Å². The first-order valence-corrected chi connectivity index (χ1v) is 10.7. The highest BCUT2D eigenvalue weighted by Gasteiger charge is 2.20. The van der Waals surface area contributed by atoms with E-state index >= 15 is 0 Å². The molecule has 0 aliphatic rings. The lowest BCUT2D eigenvalue weighted by Gasteiger charge is -2.21. The number of hydrogen-bond acceptors (Lipinski definition) is 4. The number of aryl methyl sites for hydroxylation is 2. The predicted octanol–water partition coefficient (Wildman–Crippen LogP) is 5.14. The summed E-state index contributed by atoms with van der Waals surface area (Å²) in [5, 5.41) is 6.76. The monoisotopic (exact) mass is 421 g/mol. The van der Waals surface area contributed by atoms with Gasteiger partial charge in [0.1, 0.15) is 0 Å². The van der Waals surface area contributed by atoms with E-state index < -0.39 is 0 Å². The van der Waals surface area contributed by atoms with E-state index in [1.807, 2.05) is 58.9 Å². The molecule has 0 aliphatic carbocycles. The van der Waals surface area contributed by atoms with Gasteiger partial charge in [0, 0.05) is 16.0 Å². The Balaban J connectivity index is 1.79. The summed E-state index contributed by atoms with van der Waals surface area (Å²) in [7, 11) is 0. The maximum Gasteiger partial charge on any atom is 0.253 e. The number of nitrogens with zero attached hydrogens (tertiary/aromatic N) is 1. The molecule has 0 aliphatic heterocycles. The van der Waals surface area contributed by atoms with E-state index in [0.717, 1.165) is 21.1 Å². The van der Waals surface area contributed by atoms with Crippen molar-refractivity contribution in [2.24, 2.45) is 0 Å². The Morgan fingerprint density at radius 2 is 1.67 bits per heavy atom. The third-order valence-corrected chi connectivity index (χ3v) is 5.36. The number of thiazole rings is 1. The van der Waals surface area contributed by atoms with E-state index in [9.17, 15) is 9.59 Å². The summed E-state index contributed by atoms with van der Waals surface area (Å²) < 4.78 is 0. The first kappa shape index (κ1) is 21.7. The average molecular weight is 422 g/mol. The third kappa shape index (κ3) is 5.54. The van der Waals surface area contributed by atoms with Crippen LogP contribution in [0.25, 0.3) is 11.3 Å². The topological polar surface area (TPSA) is 71.1 Å². The van der Waals surface area contributed by atoms with E-state index in [4.69, 9.17) is 0 Å². The number of carbonyl (C=O) groups excluding carboxylic acids is 2. The highest BCUT2D eigenvalue weighted by Crippen LogP contribution is 2.29. The molecule has 156 valence electrons.